The summed E-state index contributed by atoms with van der Waals surface area (Å²) < 4.78 is 41.6. The number of fused-ring (bicyclic) bond motifs is 1. The summed E-state index contributed by atoms with van der Waals surface area (Å²) in [5.41, 5.74) is 0.0439. The fraction of sp³-hybridized carbons (Fsp3) is 0.316. The number of benzene rings is 1. The van der Waals surface area contributed by atoms with Crippen LogP contribution in [0.25, 0.3) is 0 Å². The number of aromatic nitrogens is 1. The van der Waals surface area contributed by atoms with Crippen LogP contribution in [-0.4, -0.2) is 48.6 Å². The zero-order chi connectivity index (χ0) is 21.4. The Kier molecular flexibility index (Phi) is 5.08. The molecule has 2 N–H and O–H groups in total. The van der Waals surface area contributed by atoms with Gasteiger partial charge in [-0.05, 0) is 36.4 Å². The number of pyridine rings is 1. The summed E-state index contributed by atoms with van der Waals surface area (Å²) in [5.74, 6) is -0.465. The van der Waals surface area contributed by atoms with Gasteiger partial charge in [0.1, 0.15) is 23.7 Å². The molecular formula is C19H18N2O8S. The molecule has 2 aliphatic rings. The van der Waals surface area contributed by atoms with E-state index in [1.165, 1.54) is 29.7 Å². The van der Waals surface area contributed by atoms with Crippen LogP contribution in [0.1, 0.15) is 12.8 Å². The topological polar surface area (TPSA) is 141 Å². The van der Waals surface area contributed by atoms with Gasteiger partial charge in [0.2, 0.25) is 0 Å². The number of amides is 1. The number of rotatable bonds is 6. The smallest absolute Gasteiger partial charge is 0.457 e. The van der Waals surface area contributed by atoms with Crippen LogP contribution in [0, 0.1) is 5.41 Å². The Morgan fingerprint density at radius 1 is 1.10 bits per heavy atom. The summed E-state index contributed by atoms with van der Waals surface area (Å²) >= 11 is 0. The molecule has 0 spiro atoms. The molecule has 0 bridgehead atoms. The van der Waals surface area contributed by atoms with E-state index in [2.05, 4.69) is 4.98 Å². The Morgan fingerprint density at radius 3 is 2.23 bits per heavy atom. The molecule has 158 valence electrons. The third kappa shape index (κ3) is 3.81. The van der Waals surface area contributed by atoms with Gasteiger partial charge in [-0.2, -0.15) is 0 Å². The van der Waals surface area contributed by atoms with Crippen LogP contribution in [0.5, 0.6) is 11.5 Å². The number of hydrogen-bond donors (Lipinski definition) is 2. The second-order valence-electron chi connectivity index (χ2n) is 7.21. The van der Waals surface area contributed by atoms with Crippen LogP contribution in [0.3, 0.4) is 0 Å². The molecule has 1 amide bonds. The normalized spacial score (nSPS) is 25.2. The molecule has 4 rings (SSSR count). The first-order valence-corrected chi connectivity index (χ1v) is 10.7. The van der Waals surface area contributed by atoms with Crippen molar-refractivity contribution in [1.82, 2.24) is 10.5 Å². The molecule has 1 saturated heterocycles. The number of sulfone groups is 1. The van der Waals surface area contributed by atoms with Crippen LogP contribution in [0.2, 0.25) is 0 Å². The quantitative estimate of drug-likeness (QED) is 0.396. The van der Waals surface area contributed by atoms with Crippen LogP contribution in [0.4, 0.5) is 4.79 Å². The van der Waals surface area contributed by atoms with Gasteiger partial charge < -0.3 is 14.2 Å². The highest BCUT2D eigenvalue weighted by Crippen LogP contribution is 2.46. The second-order valence-corrected chi connectivity index (χ2v) is 9.20. The Bertz CT molecular complexity index is 1040. The van der Waals surface area contributed by atoms with Gasteiger partial charge in [-0.3, -0.25) is 15.0 Å². The van der Waals surface area contributed by atoms with Gasteiger partial charge in [-0.15, -0.1) is 0 Å². The maximum absolute atomic E-state index is 13.0. The molecular weight excluding hydrogens is 416 g/mol. The van der Waals surface area contributed by atoms with E-state index in [9.17, 15) is 18.0 Å². The number of ether oxygens (including phenoxy) is 3. The molecule has 0 radical (unpaired) electrons. The van der Waals surface area contributed by atoms with Crippen molar-refractivity contribution in [2.24, 2.45) is 5.41 Å². The summed E-state index contributed by atoms with van der Waals surface area (Å²) in [7, 11) is -3.92. The van der Waals surface area contributed by atoms with Gasteiger partial charge in [0.05, 0.1) is 16.1 Å². The number of nitrogens with one attached hydrogen (secondary N) is 1. The summed E-state index contributed by atoms with van der Waals surface area (Å²) in [6.07, 6.45) is 0.671. The SMILES string of the molecule is O=C1OC2CC(CS(=O)(=O)c3ccc(Oc4ccncc4)cc3)(C(=O)NO)CC2O1. The lowest BCUT2D eigenvalue weighted by Crippen LogP contribution is -2.43. The Hall–Kier alpha value is -3.18. The van der Waals surface area contributed by atoms with Gasteiger partial charge in [-0.1, -0.05) is 0 Å². The molecule has 1 aliphatic carbocycles. The lowest BCUT2D eigenvalue weighted by atomic mass is 9.87. The molecule has 1 aliphatic heterocycles. The number of carbonyl (C=O) groups excluding carboxylic acids is 2. The average Bonchev–Trinajstić information content (AvgIpc) is 3.22. The first-order valence-electron chi connectivity index (χ1n) is 9.04. The largest absolute Gasteiger partial charge is 0.509 e. The number of hydroxylamine groups is 1. The predicted molar refractivity (Wildman–Crippen MR) is 99.5 cm³/mol. The summed E-state index contributed by atoms with van der Waals surface area (Å²) in [4.78, 5) is 27.5. The van der Waals surface area contributed by atoms with Crippen molar-refractivity contribution in [3.63, 3.8) is 0 Å². The van der Waals surface area contributed by atoms with Crippen molar-refractivity contribution in [1.29, 1.82) is 0 Å². The lowest BCUT2D eigenvalue weighted by Gasteiger charge is -2.26. The molecule has 1 aromatic heterocycles. The maximum atomic E-state index is 13.0. The molecule has 30 heavy (non-hydrogen) atoms. The van der Waals surface area contributed by atoms with E-state index in [1.807, 2.05) is 0 Å². The summed E-state index contributed by atoms with van der Waals surface area (Å²) in [5, 5.41) is 9.16. The van der Waals surface area contributed by atoms with E-state index >= 15 is 0 Å². The maximum Gasteiger partial charge on any atom is 0.509 e. The lowest BCUT2D eigenvalue weighted by molar-refractivity contribution is -0.139. The van der Waals surface area contributed by atoms with Gasteiger partial charge in [-0.25, -0.2) is 18.7 Å². The van der Waals surface area contributed by atoms with Crippen molar-refractivity contribution in [3.8, 4) is 11.5 Å². The third-order valence-corrected chi connectivity index (χ3v) is 7.13. The van der Waals surface area contributed by atoms with Crippen molar-refractivity contribution < 1.29 is 37.4 Å². The number of nitrogens with zero attached hydrogens (tertiary/aromatic N) is 1. The number of hydrogen-bond acceptors (Lipinski definition) is 9. The minimum atomic E-state index is -3.92. The standard InChI is InChI=1S/C19H18N2O8S/c22-17(21-24)19(9-15-16(10-19)29-18(23)28-15)11-30(25,26)14-3-1-12(2-4-14)27-13-5-7-20-8-6-13/h1-8,15-16,24H,9-11H2,(H,21,22). The van der Waals surface area contributed by atoms with Gasteiger partial charge in [0, 0.05) is 25.2 Å². The summed E-state index contributed by atoms with van der Waals surface area (Å²) in [6.45, 7) is 0. The average molecular weight is 434 g/mol. The van der Waals surface area contributed by atoms with Crippen LogP contribution >= 0.6 is 0 Å². The molecule has 2 fully saturated rings. The highest BCUT2D eigenvalue weighted by atomic mass is 32.2. The second kappa shape index (κ2) is 7.58. The molecule has 2 atom stereocenters. The third-order valence-electron chi connectivity index (χ3n) is 5.21. The molecule has 1 saturated carbocycles. The Labute approximate surface area is 171 Å². The van der Waals surface area contributed by atoms with Crippen molar-refractivity contribution in [2.45, 2.75) is 29.9 Å². The highest BCUT2D eigenvalue weighted by Gasteiger charge is 2.58. The Morgan fingerprint density at radius 2 is 1.67 bits per heavy atom. The van der Waals surface area contributed by atoms with Crippen LogP contribution in [-0.2, 0) is 24.1 Å². The van der Waals surface area contributed by atoms with Crippen molar-refractivity contribution in [2.75, 3.05) is 5.75 Å². The fourth-order valence-electron chi connectivity index (χ4n) is 3.82. The van der Waals surface area contributed by atoms with Gasteiger partial charge in [0.25, 0.3) is 5.91 Å². The molecule has 2 unspecified atom stereocenters. The van der Waals surface area contributed by atoms with E-state index in [1.54, 1.807) is 24.5 Å². The summed E-state index contributed by atoms with van der Waals surface area (Å²) in [6, 6.07) is 9.08. The molecule has 1 aromatic carbocycles. The van der Waals surface area contributed by atoms with Crippen LogP contribution < -0.4 is 10.2 Å². The van der Waals surface area contributed by atoms with Gasteiger partial charge >= 0.3 is 6.16 Å². The zero-order valence-electron chi connectivity index (χ0n) is 15.6. The highest BCUT2D eigenvalue weighted by molar-refractivity contribution is 7.91. The molecule has 11 heteroatoms. The minimum absolute atomic E-state index is 0.00957. The molecule has 10 nitrogen and oxygen atoms in total. The molecule has 2 heterocycles. The molecule has 2 aromatic rings. The minimum Gasteiger partial charge on any atom is -0.457 e. The van der Waals surface area contributed by atoms with E-state index < -0.39 is 45.3 Å². The van der Waals surface area contributed by atoms with E-state index in [-0.39, 0.29) is 17.7 Å². The number of carbonyl (C=O) groups is 2. The fourth-order valence-corrected chi connectivity index (χ4v) is 5.63. The Balaban J connectivity index is 1.53. The zero-order valence-corrected chi connectivity index (χ0v) is 16.4. The first-order chi connectivity index (χ1) is 14.3. The van der Waals surface area contributed by atoms with Crippen molar-refractivity contribution in [3.05, 3.63) is 48.8 Å². The van der Waals surface area contributed by atoms with E-state index in [0.29, 0.717) is 11.5 Å². The first kappa shape index (κ1) is 20.1. The van der Waals surface area contributed by atoms with Crippen molar-refractivity contribution >= 4 is 21.9 Å². The van der Waals surface area contributed by atoms with Gasteiger partial charge in [0.15, 0.2) is 9.84 Å². The predicted octanol–water partition coefficient (Wildman–Crippen LogP) is 1.84. The van der Waals surface area contributed by atoms with E-state index in [0.717, 1.165) is 0 Å². The monoisotopic (exact) mass is 434 g/mol. The van der Waals surface area contributed by atoms with Crippen LogP contribution in [0.15, 0.2) is 53.7 Å². The van der Waals surface area contributed by atoms with E-state index in [4.69, 9.17) is 19.4 Å².